The van der Waals surface area contributed by atoms with Crippen LogP contribution in [0.5, 0.6) is 5.75 Å². The number of benzene rings is 2. The quantitative estimate of drug-likeness (QED) is 0.796. The van der Waals surface area contributed by atoms with E-state index in [-0.39, 0.29) is 0 Å². The van der Waals surface area contributed by atoms with E-state index in [4.69, 9.17) is 16.3 Å². The highest BCUT2D eigenvalue weighted by atomic mass is 79.9. The standard InChI is InChI=1S/C15H15BrClNO/c1-18(2)13-4-3-5-14(9-13)19-10-11-6-7-12(16)8-15(11)17/h3-9H,10H2,1-2H3. The first-order chi connectivity index (χ1) is 9.06. The molecule has 0 spiro atoms. The second-order valence-corrected chi connectivity index (χ2v) is 5.74. The van der Waals surface area contributed by atoms with Crippen LogP contribution in [0.1, 0.15) is 5.56 Å². The van der Waals surface area contributed by atoms with E-state index in [2.05, 4.69) is 15.9 Å². The van der Waals surface area contributed by atoms with Crippen LogP contribution in [-0.2, 0) is 6.61 Å². The van der Waals surface area contributed by atoms with Gasteiger partial charge in [0.2, 0.25) is 0 Å². The molecule has 0 atom stereocenters. The van der Waals surface area contributed by atoms with Gasteiger partial charge in [0.1, 0.15) is 12.4 Å². The van der Waals surface area contributed by atoms with Crippen molar-refractivity contribution in [3.63, 3.8) is 0 Å². The van der Waals surface area contributed by atoms with Crippen molar-refractivity contribution in [3.05, 3.63) is 57.5 Å². The van der Waals surface area contributed by atoms with Gasteiger partial charge in [-0.1, -0.05) is 39.7 Å². The monoisotopic (exact) mass is 339 g/mol. The largest absolute Gasteiger partial charge is 0.489 e. The van der Waals surface area contributed by atoms with Gasteiger partial charge in [-0.25, -0.2) is 0 Å². The minimum absolute atomic E-state index is 0.461. The predicted octanol–water partition coefficient (Wildman–Crippen LogP) is 4.75. The van der Waals surface area contributed by atoms with Crippen LogP contribution in [0.2, 0.25) is 5.02 Å². The van der Waals surface area contributed by atoms with E-state index in [0.717, 1.165) is 21.5 Å². The number of hydrogen-bond donors (Lipinski definition) is 0. The fourth-order valence-corrected chi connectivity index (χ4v) is 2.38. The summed E-state index contributed by atoms with van der Waals surface area (Å²) in [7, 11) is 4.01. The van der Waals surface area contributed by atoms with Crippen LogP contribution < -0.4 is 9.64 Å². The molecule has 0 aromatic heterocycles. The molecule has 0 amide bonds. The number of hydrogen-bond acceptors (Lipinski definition) is 2. The highest BCUT2D eigenvalue weighted by molar-refractivity contribution is 9.10. The normalized spacial score (nSPS) is 10.3. The summed E-state index contributed by atoms with van der Waals surface area (Å²) in [5.74, 6) is 0.838. The fourth-order valence-electron chi connectivity index (χ4n) is 1.65. The first kappa shape index (κ1) is 14.2. The Hall–Kier alpha value is -1.19. The van der Waals surface area contributed by atoms with Crippen molar-refractivity contribution in [3.8, 4) is 5.75 Å². The second kappa shape index (κ2) is 6.31. The number of nitrogens with zero attached hydrogens (tertiary/aromatic N) is 1. The van der Waals surface area contributed by atoms with Crippen molar-refractivity contribution < 1.29 is 4.74 Å². The Morgan fingerprint density at radius 3 is 2.63 bits per heavy atom. The van der Waals surface area contributed by atoms with Crippen molar-refractivity contribution in [1.82, 2.24) is 0 Å². The zero-order chi connectivity index (χ0) is 13.8. The van der Waals surface area contributed by atoms with Gasteiger partial charge in [0.15, 0.2) is 0 Å². The molecule has 0 saturated heterocycles. The highest BCUT2D eigenvalue weighted by Crippen LogP contribution is 2.24. The van der Waals surface area contributed by atoms with Crippen molar-refractivity contribution in [1.29, 1.82) is 0 Å². The van der Waals surface area contributed by atoms with Crippen LogP contribution in [0.25, 0.3) is 0 Å². The predicted molar refractivity (Wildman–Crippen MR) is 84.3 cm³/mol. The van der Waals surface area contributed by atoms with Gasteiger partial charge >= 0.3 is 0 Å². The average molecular weight is 341 g/mol. The zero-order valence-electron chi connectivity index (χ0n) is 10.9. The van der Waals surface area contributed by atoms with Gasteiger partial charge in [-0.3, -0.25) is 0 Å². The lowest BCUT2D eigenvalue weighted by atomic mass is 10.2. The smallest absolute Gasteiger partial charge is 0.121 e. The van der Waals surface area contributed by atoms with E-state index < -0.39 is 0 Å². The molecule has 100 valence electrons. The summed E-state index contributed by atoms with van der Waals surface area (Å²) in [6, 6.07) is 13.8. The van der Waals surface area contributed by atoms with Gasteiger partial charge in [0.25, 0.3) is 0 Å². The summed E-state index contributed by atoms with van der Waals surface area (Å²) < 4.78 is 6.75. The molecule has 2 rings (SSSR count). The molecule has 0 aliphatic rings. The van der Waals surface area contributed by atoms with E-state index in [0.29, 0.717) is 11.6 Å². The number of rotatable bonds is 4. The third-order valence-electron chi connectivity index (χ3n) is 2.74. The van der Waals surface area contributed by atoms with Crippen molar-refractivity contribution in [2.24, 2.45) is 0 Å². The summed E-state index contributed by atoms with van der Waals surface area (Å²) in [6.07, 6.45) is 0. The van der Waals surface area contributed by atoms with Crippen molar-refractivity contribution in [2.75, 3.05) is 19.0 Å². The minimum Gasteiger partial charge on any atom is -0.489 e. The molecular weight excluding hydrogens is 326 g/mol. The lowest BCUT2D eigenvalue weighted by molar-refractivity contribution is 0.306. The molecule has 2 aromatic rings. The summed E-state index contributed by atoms with van der Waals surface area (Å²) in [5, 5.41) is 0.707. The van der Waals surface area contributed by atoms with Crippen LogP contribution in [-0.4, -0.2) is 14.1 Å². The summed E-state index contributed by atoms with van der Waals surface area (Å²) in [6.45, 7) is 0.461. The fraction of sp³-hybridized carbons (Fsp3) is 0.200. The van der Waals surface area contributed by atoms with Gasteiger partial charge in [-0.2, -0.15) is 0 Å². The Kier molecular flexibility index (Phi) is 4.72. The first-order valence-electron chi connectivity index (χ1n) is 5.90. The molecule has 0 aliphatic heterocycles. The molecule has 19 heavy (non-hydrogen) atoms. The maximum atomic E-state index is 6.16. The Balaban J connectivity index is 2.08. The van der Waals surface area contributed by atoms with Crippen LogP contribution >= 0.6 is 27.5 Å². The van der Waals surface area contributed by atoms with Gasteiger partial charge in [-0.15, -0.1) is 0 Å². The molecule has 2 aromatic carbocycles. The number of halogens is 2. The number of ether oxygens (including phenoxy) is 1. The topological polar surface area (TPSA) is 12.5 Å². The Labute approximate surface area is 127 Å². The van der Waals surface area contributed by atoms with Gasteiger partial charge < -0.3 is 9.64 Å². The number of anilines is 1. The maximum absolute atomic E-state index is 6.16. The third-order valence-corrected chi connectivity index (χ3v) is 3.59. The summed E-state index contributed by atoms with van der Waals surface area (Å²) in [5.41, 5.74) is 2.08. The molecule has 0 heterocycles. The summed E-state index contributed by atoms with van der Waals surface area (Å²) in [4.78, 5) is 2.04. The van der Waals surface area contributed by atoms with Crippen LogP contribution in [0.4, 0.5) is 5.69 Å². The minimum atomic E-state index is 0.461. The van der Waals surface area contributed by atoms with Crippen LogP contribution in [0.3, 0.4) is 0 Å². The first-order valence-corrected chi connectivity index (χ1v) is 7.07. The third kappa shape index (κ3) is 3.88. The van der Waals surface area contributed by atoms with Crippen molar-refractivity contribution in [2.45, 2.75) is 6.61 Å². The molecular formula is C15H15BrClNO. The van der Waals surface area contributed by atoms with Crippen molar-refractivity contribution >= 4 is 33.2 Å². The Morgan fingerprint density at radius 1 is 1.16 bits per heavy atom. The molecule has 0 N–H and O–H groups in total. The van der Waals surface area contributed by atoms with E-state index in [1.807, 2.05) is 61.5 Å². The van der Waals surface area contributed by atoms with Gasteiger partial charge in [0.05, 0.1) is 0 Å². The lowest BCUT2D eigenvalue weighted by Crippen LogP contribution is -2.08. The molecule has 0 radical (unpaired) electrons. The highest BCUT2D eigenvalue weighted by Gasteiger charge is 2.03. The SMILES string of the molecule is CN(C)c1cccc(OCc2ccc(Br)cc2Cl)c1. The average Bonchev–Trinajstić information content (AvgIpc) is 2.38. The summed E-state index contributed by atoms with van der Waals surface area (Å²) >= 11 is 9.55. The second-order valence-electron chi connectivity index (χ2n) is 4.42. The molecule has 0 fully saturated rings. The van der Waals surface area contributed by atoms with E-state index in [1.165, 1.54) is 0 Å². The molecule has 2 nitrogen and oxygen atoms in total. The maximum Gasteiger partial charge on any atom is 0.121 e. The molecule has 0 bridgehead atoms. The Bertz CT molecular complexity index is 572. The Morgan fingerprint density at radius 2 is 1.95 bits per heavy atom. The van der Waals surface area contributed by atoms with Gasteiger partial charge in [0, 0.05) is 40.9 Å². The van der Waals surface area contributed by atoms with Crippen LogP contribution in [0, 0.1) is 0 Å². The zero-order valence-corrected chi connectivity index (χ0v) is 13.2. The molecule has 0 aliphatic carbocycles. The molecule has 0 saturated carbocycles. The lowest BCUT2D eigenvalue weighted by Gasteiger charge is -2.14. The molecule has 0 unspecified atom stereocenters. The van der Waals surface area contributed by atoms with E-state index in [9.17, 15) is 0 Å². The van der Waals surface area contributed by atoms with Crippen LogP contribution in [0.15, 0.2) is 46.9 Å². The van der Waals surface area contributed by atoms with E-state index >= 15 is 0 Å². The van der Waals surface area contributed by atoms with E-state index in [1.54, 1.807) is 0 Å². The van der Waals surface area contributed by atoms with Gasteiger partial charge in [-0.05, 0) is 24.3 Å². The molecule has 4 heteroatoms.